The minimum atomic E-state index is -0.160. The Bertz CT molecular complexity index is 102. The second-order valence-electron chi connectivity index (χ2n) is 3.04. The van der Waals surface area contributed by atoms with Gasteiger partial charge in [0.1, 0.15) is 0 Å². The molecular formula is C7H16N2O. The monoisotopic (exact) mass is 144 g/mol. The first kappa shape index (κ1) is 7.98. The van der Waals surface area contributed by atoms with Crippen LogP contribution in [0.25, 0.3) is 0 Å². The predicted molar refractivity (Wildman–Crippen MR) is 40.7 cm³/mol. The van der Waals surface area contributed by atoms with Gasteiger partial charge >= 0.3 is 0 Å². The summed E-state index contributed by atoms with van der Waals surface area (Å²) in [5, 5.41) is 9.20. The number of nitrogens with two attached hydrogens (primary N) is 1. The zero-order chi connectivity index (χ0) is 7.56. The maximum absolute atomic E-state index is 9.20. The molecule has 3 nitrogen and oxygen atoms in total. The molecule has 0 unspecified atom stereocenters. The summed E-state index contributed by atoms with van der Waals surface area (Å²) in [5.41, 5.74) is 5.56. The van der Waals surface area contributed by atoms with Gasteiger partial charge in [-0.1, -0.05) is 6.92 Å². The van der Waals surface area contributed by atoms with Gasteiger partial charge in [-0.05, 0) is 6.42 Å². The van der Waals surface area contributed by atoms with Crippen molar-refractivity contribution < 1.29 is 5.11 Å². The molecule has 1 heterocycles. The van der Waals surface area contributed by atoms with Crippen molar-refractivity contribution in [2.75, 3.05) is 19.6 Å². The van der Waals surface area contributed by atoms with Crippen LogP contribution in [0.4, 0.5) is 0 Å². The van der Waals surface area contributed by atoms with Gasteiger partial charge in [-0.15, -0.1) is 0 Å². The first-order chi connectivity index (χ1) is 4.72. The minimum Gasteiger partial charge on any atom is -0.392 e. The van der Waals surface area contributed by atoms with Crippen molar-refractivity contribution in [3.63, 3.8) is 0 Å². The summed E-state index contributed by atoms with van der Waals surface area (Å²) in [5.74, 6) is 0. The van der Waals surface area contributed by atoms with E-state index in [0.717, 1.165) is 26.1 Å². The minimum absolute atomic E-state index is 0.160. The fraction of sp³-hybridized carbons (Fsp3) is 1.00. The molecule has 1 atom stereocenters. The van der Waals surface area contributed by atoms with Gasteiger partial charge < -0.3 is 10.8 Å². The highest BCUT2D eigenvalue weighted by molar-refractivity contribution is 4.83. The first-order valence-corrected chi connectivity index (χ1v) is 3.88. The first-order valence-electron chi connectivity index (χ1n) is 3.88. The maximum atomic E-state index is 9.20. The van der Waals surface area contributed by atoms with E-state index in [1.165, 1.54) is 0 Å². The van der Waals surface area contributed by atoms with Crippen molar-refractivity contribution in [2.45, 2.75) is 25.5 Å². The highest BCUT2D eigenvalue weighted by Gasteiger charge is 2.23. The number of hydrogen-bond donors (Lipinski definition) is 2. The van der Waals surface area contributed by atoms with Crippen LogP contribution in [-0.2, 0) is 0 Å². The third-order valence-corrected chi connectivity index (χ3v) is 1.93. The average molecular weight is 144 g/mol. The Morgan fingerprint density at radius 3 is 2.70 bits per heavy atom. The summed E-state index contributed by atoms with van der Waals surface area (Å²) >= 11 is 0. The number of aliphatic hydroxyl groups excluding tert-OH is 1. The van der Waals surface area contributed by atoms with Crippen molar-refractivity contribution in [1.29, 1.82) is 0 Å². The van der Waals surface area contributed by atoms with Crippen LogP contribution in [0.3, 0.4) is 0 Å². The lowest BCUT2D eigenvalue weighted by Gasteiger charge is -2.37. The fourth-order valence-corrected chi connectivity index (χ4v) is 1.19. The van der Waals surface area contributed by atoms with E-state index in [0.29, 0.717) is 6.04 Å². The van der Waals surface area contributed by atoms with Crippen LogP contribution in [0.1, 0.15) is 13.3 Å². The third kappa shape index (κ3) is 1.94. The number of aliphatic hydroxyl groups is 1. The van der Waals surface area contributed by atoms with E-state index in [1.54, 1.807) is 0 Å². The van der Waals surface area contributed by atoms with Gasteiger partial charge in [-0.25, -0.2) is 0 Å². The number of hydrogen-bond acceptors (Lipinski definition) is 3. The van der Waals surface area contributed by atoms with E-state index in [1.807, 2.05) is 6.92 Å². The number of rotatable bonds is 3. The van der Waals surface area contributed by atoms with E-state index in [4.69, 9.17) is 5.73 Å². The molecule has 60 valence electrons. The summed E-state index contributed by atoms with van der Waals surface area (Å²) in [6, 6.07) is 0.351. The van der Waals surface area contributed by atoms with Gasteiger partial charge in [-0.2, -0.15) is 0 Å². The molecule has 0 aromatic carbocycles. The Hall–Kier alpha value is -0.120. The normalized spacial score (nSPS) is 24.3. The van der Waals surface area contributed by atoms with Crippen LogP contribution in [-0.4, -0.2) is 41.8 Å². The Kier molecular flexibility index (Phi) is 2.65. The van der Waals surface area contributed by atoms with Crippen molar-refractivity contribution in [3.05, 3.63) is 0 Å². The van der Waals surface area contributed by atoms with Crippen molar-refractivity contribution in [3.8, 4) is 0 Å². The average Bonchev–Trinajstić information content (AvgIpc) is 1.84. The number of nitrogens with zero attached hydrogens (tertiary/aromatic N) is 1. The summed E-state index contributed by atoms with van der Waals surface area (Å²) in [4.78, 5) is 2.18. The van der Waals surface area contributed by atoms with Crippen LogP contribution >= 0.6 is 0 Å². The van der Waals surface area contributed by atoms with E-state index >= 15 is 0 Å². The topological polar surface area (TPSA) is 49.5 Å². The molecule has 1 rings (SSSR count). The highest BCUT2D eigenvalue weighted by Crippen LogP contribution is 2.06. The standard InChI is InChI=1S/C7H16N2O/c1-2-7(10)5-9-3-6(8)4-9/h6-7,10H,2-5,8H2,1H3/t7-/m1/s1. The summed E-state index contributed by atoms with van der Waals surface area (Å²) in [7, 11) is 0. The van der Waals surface area contributed by atoms with Gasteiger partial charge in [0.05, 0.1) is 6.10 Å². The molecule has 0 aromatic heterocycles. The quantitative estimate of drug-likeness (QED) is 0.556. The summed E-state index contributed by atoms with van der Waals surface area (Å²) < 4.78 is 0. The van der Waals surface area contributed by atoms with Crippen molar-refractivity contribution in [2.24, 2.45) is 5.73 Å². The van der Waals surface area contributed by atoms with Crippen LogP contribution in [0.2, 0.25) is 0 Å². The lowest BCUT2D eigenvalue weighted by molar-refractivity contribution is 0.0647. The molecule has 0 amide bonds. The lowest BCUT2D eigenvalue weighted by atomic mass is 10.1. The van der Waals surface area contributed by atoms with Crippen molar-refractivity contribution >= 4 is 0 Å². The molecule has 1 aliphatic heterocycles. The van der Waals surface area contributed by atoms with Gasteiger partial charge in [0, 0.05) is 25.7 Å². The molecule has 0 spiro atoms. The van der Waals surface area contributed by atoms with Crippen molar-refractivity contribution in [1.82, 2.24) is 4.90 Å². The van der Waals surface area contributed by atoms with E-state index in [-0.39, 0.29) is 6.10 Å². The summed E-state index contributed by atoms with van der Waals surface area (Å²) in [6.07, 6.45) is 0.679. The van der Waals surface area contributed by atoms with Crippen LogP contribution < -0.4 is 5.73 Å². The molecule has 0 bridgehead atoms. The van der Waals surface area contributed by atoms with Gasteiger partial charge in [-0.3, -0.25) is 4.90 Å². The molecule has 1 fully saturated rings. The number of β-amino-alcohol motifs (C(OH)–C–C–N with tert-alkyl or cyclic N) is 1. The van der Waals surface area contributed by atoms with Gasteiger partial charge in [0.15, 0.2) is 0 Å². The molecule has 0 saturated carbocycles. The molecule has 0 radical (unpaired) electrons. The zero-order valence-electron chi connectivity index (χ0n) is 6.45. The molecule has 3 N–H and O–H groups in total. The Morgan fingerprint density at radius 1 is 1.70 bits per heavy atom. The smallest absolute Gasteiger partial charge is 0.0664 e. The SMILES string of the molecule is CC[C@@H](O)CN1CC(N)C1. The second kappa shape index (κ2) is 3.32. The van der Waals surface area contributed by atoms with Gasteiger partial charge in [0.2, 0.25) is 0 Å². The second-order valence-corrected chi connectivity index (χ2v) is 3.04. The fourth-order valence-electron chi connectivity index (χ4n) is 1.19. The largest absolute Gasteiger partial charge is 0.392 e. The molecule has 0 aromatic rings. The van der Waals surface area contributed by atoms with E-state index < -0.39 is 0 Å². The third-order valence-electron chi connectivity index (χ3n) is 1.93. The molecule has 1 aliphatic rings. The Morgan fingerprint density at radius 2 is 2.30 bits per heavy atom. The molecular weight excluding hydrogens is 128 g/mol. The van der Waals surface area contributed by atoms with Crippen LogP contribution in [0, 0.1) is 0 Å². The Balaban J connectivity index is 2.04. The van der Waals surface area contributed by atoms with Crippen LogP contribution in [0.5, 0.6) is 0 Å². The summed E-state index contributed by atoms with van der Waals surface area (Å²) in [6.45, 7) is 4.70. The molecule has 3 heteroatoms. The Labute approximate surface area is 61.8 Å². The number of likely N-dealkylation sites (tertiary alicyclic amines) is 1. The van der Waals surface area contributed by atoms with Gasteiger partial charge in [0.25, 0.3) is 0 Å². The van der Waals surface area contributed by atoms with E-state index in [2.05, 4.69) is 4.90 Å². The molecule has 10 heavy (non-hydrogen) atoms. The molecule has 0 aliphatic carbocycles. The zero-order valence-corrected chi connectivity index (χ0v) is 6.45. The molecule has 1 saturated heterocycles. The highest BCUT2D eigenvalue weighted by atomic mass is 16.3. The van der Waals surface area contributed by atoms with Crippen LogP contribution in [0.15, 0.2) is 0 Å². The lowest BCUT2D eigenvalue weighted by Crippen LogP contribution is -2.57. The van der Waals surface area contributed by atoms with E-state index in [9.17, 15) is 5.11 Å². The maximum Gasteiger partial charge on any atom is 0.0664 e. The predicted octanol–water partition coefficient (Wildman–Crippen LogP) is -0.600.